The van der Waals surface area contributed by atoms with Crippen LogP contribution in [-0.4, -0.2) is 44.8 Å². The molecule has 7 nitrogen and oxygen atoms in total. The summed E-state index contributed by atoms with van der Waals surface area (Å²) >= 11 is 1.55. The largest absolute Gasteiger partial charge is 0.394 e. The van der Waals surface area contributed by atoms with Gasteiger partial charge in [0.1, 0.15) is 12.3 Å². The first-order valence-electron chi connectivity index (χ1n) is 7.47. The SMILES string of the molecule is CSc1cccc(-c2cn([C@@H]3C[C@H](O)[C@@H](CO)O3)c(=O)[nH]c2=O)c1. The van der Waals surface area contributed by atoms with Crippen LogP contribution in [0.15, 0.2) is 44.9 Å². The highest BCUT2D eigenvalue weighted by Gasteiger charge is 2.35. The molecule has 3 rings (SSSR count). The van der Waals surface area contributed by atoms with Gasteiger partial charge in [-0.1, -0.05) is 12.1 Å². The van der Waals surface area contributed by atoms with E-state index >= 15 is 0 Å². The topological polar surface area (TPSA) is 105 Å². The molecule has 1 aromatic heterocycles. The van der Waals surface area contributed by atoms with Crippen molar-refractivity contribution in [1.29, 1.82) is 0 Å². The average molecular weight is 350 g/mol. The van der Waals surface area contributed by atoms with Crippen LogP contribution in [-0.2, 0) is 4.74 Å². The highest BCUT2D eigenvalue weighted by Crippen LogP contribution is 2.28. The molecular formula is C16H18N2O5S. The fourth-order valence-corrected chi connectivity index (χ4v) is 3.21. The van der Waals surface area contributed by atoms with E-state index in [2.05, 4.69) is 4.98 Å². The number of ether oxygens (including phenoxy) is 1. The number of H-pyrrole nitrogens is 1. The van der Waals surface area contributed by atoms with Gasteiger partial charge in [0, 0.05) is 17.5 Å². The summed E-state index contributed by atoms with van der Waals surface area (Å²) in [5.41, 5.74) is -0.0579. The van der Waals surface area contributed by atoms with Crippen LogP contribution in [0.3, 0.4) is 0 Å². The van der Waals surface area contributed by atoms with Crippen LogP contribution in [0.25, 0.3) is 11.1 Å². The lowest BCUT2D eigenvalue weighted by Crippen LogP contribution is -2.33. The van der Waals surface area contributed by atoms with Crippen molar-refractivity contribution in [3.8, 4) is 11.1 Å². The number of nitrogens with zero attached hydrogens (tertiary/aromatic N) is 1. The van der Waals surface area contributed by atoms with Crippen LogP contribution in [0.4, 0.5) is 0 Å². The molecule has 0 saturated carbocycles. The van der Waals surface area contributed by atoms with Crippen LogP contribution >= 0.6 is 11.8 Å². The molecule has 2 heterocycles. The maximum Gasteiger partial charge on any atom is 0.330 e. The highest BCUT2D eigenvalue weighted by atomic mass is 32.2. The zero-order valence-electron chi connectivity index (χ0n) is 13.0. The van der Waals surface area contributed by atoms with Gasteiger partial charge in [0.2, 0.25) is 0 Å². The fraction of sp³-hybridized carbons (Fsp3) is 0.375. The molecule has 8 heteroatoms. The lowest BCUT2D eigenvalue weighted by Gasteiger charge is -2.15. The second-order valence-electron chi connectivity index (χ2n) is 5.56. The third kappa shape index (κ3) is 3.18. The summed E-state index contributed by atoms with van der Waals surface area (Å²) in [5, 5.41) is 19.0. The van der Waals surface area contributed by atoms with Crippen molar-refractivity contribution in [2.24, 2.45) is 0 Å². The number of aliphatic hydroxyl groups is 2. The summed E-state index contributed by atoms with van der Waals surface area (Å²) in [6, 6.07) is 7.43. The molecule has 0 radical (unpaired) electrons. The molecule has 1 saturated heterocycles. The van der Waals surface area contributed by atoms with Crippen molar-refractivity contribution < 1.29 is 14.9 Å². The number of aromatic nitrogens is 2. The number of benzene rings is 1. The predicted octanol–water partition coefficient (Wildman–Crippen LogP) is 0.566. The molecule has 1 fully saturated rings. The Morgan fingerprint density at radius 2 is 2.21 bits per heavy atom. The minimum absolute atomic E-state index is 0.168. The summed E-state index contributed by atoms with van der Waals surface area (Å²) in [6.07, 6.45) is 1.22. The smallest absolute Gasteiger partial charge is 0.330 e. The minimum Gasteiger partial charge on any atom is -0.394 e. The number of rotatable bonds is 4. The molecule has 2 aromatic rings. The van der Waals surface area contributed by atoms with Gasteiger partial charge in [-0.2, -0.15) is 0 Å². The van der Waals surface area contributed by atoms with Gasteiger partial charge in [-0.3, -0.25) is 14.3 Å². The number of aromatic amines is 1. The molecule has 128 valence electrons. The number of thioether (sulfide) groups is 1. The van der Waals surface area contributed by atoms with Crippen molar-refractivity contribution in [2.45, 2.75) is 29.8 Å². The van der Waals surface area contributed by atoms with Gasteiger partial charge < -0.3 is 14.9 Å². The standard InChI is InChI=1S/C16H18N2O5S/c1-24-10-4-2-3-9(5-10)11-7-18(16(22)17-15(11)21)14-6-12(20)13(8-19)23-14/h2-5,7,12-14,19-20H,6,8H2,1H3,(H,17,21,22)/t12-,13+,14-/m0/s1. The van der Waals surface area contributed by atoms with Crippen molar-refractivity contribution in [1.82, 2.24) is 9.55 Å². The minimum atomic E-state index is -0.859. The van der Waals surface area contributed by atoms with Gasteiger partial charge in [-0.15, -0.1) is 11.8 Å². The molecule has 1 aliphatic rings. The van der Waals surface area contributed by atoms with E-state index in [9.17, 15) is 19.8 Å². The molecule has 0 aliphatic carbocycles. The van der Waals surface area contributed by atoms with E-state index in [0.29, 0.717) is 11.1 Å². The van der Waals surface area contributed by atoms with Crippen molar-refractivity contribution in [3.63, 3.8) is 0 Å². The Balaban J connectivity index is 2.04. The number of nitrogens with one attached hydrogen (secondary N) is 1. The van der Waals surface area contributed by atoms with E-state index in [1.807, 2.05) is 24.5 Å². The molecule has 1 aliphatic heterocycles. The maximum atomic E-state index is 12.2. The van der Waals surface area contributed by atoms with Crippen molar-refractivity contribution >= 4 is 11.8 Å². The zero-order valence-corrected chi connectivity index (χ0v) is 13.8. The summed E-state index contributed by atoms with van der Waals surface area (Å²) in [4.78, 5) is 27.6. The molecule has 3 N–H and O–H groups in total. The lowest BCUT2D eigenvalue weighted by atomic mass is 10.1. The third-order valence-electron chi connectivity index (χ3n) is 4.04. The first-order chi connectivity index (χ1) is 11.5. The van der Waals surface area contributed by atoms with Crippen LogP contribution in [0.1, 0.15) is 12.6 Å². The fourth-order valence-electron chi connectivity index (χ4n) is 2.75. The number of hydrogen-bond acceptors (Lipinski definition) is 6. The molecule has 0 spiro atoms. The third-order valence-corrected chi connectivity index (χ3v) is 4.77. The van der Waals surface area contributed by atoms with Crippen LogP contribution in [0.5, 0.6) is 0 Å². The van der Waals surface area contributed by atoms with Gasteiger partial charge in [0.25, 0.3) is 5.56 Å². The maximum absolute atomic E-state index is 12.2. The van der Waals surface area contributed by atoms with Gasteiger partial charge in [-0.25, -0.2) is 4.79 Å². The number of hydrogen-bond donors (Lipinski definition) is 3. The Morgan fingerprint density at radius 3 is 2.88 bits per heavy atom. The van der Waals surface area contributed by atoms with Crippen LogP contribution in [0, 0.1) is 0 Å². The Bertz CT molecular complexity index is 847. The summed E-state index contributed by atoms with van der Waals surface area (Å²) in [7, 11) is 0. The molecule has 0 amide bonds. The van der Waals surface area contributed by atoms with E-state index in [-0.39, 0.29) is 13.0 Å². The Morgan fingerprint density at radius 1 is 1.42 bits per heavy atom. The quantitative estimate of drug-likeness (QED) is 0.696. The first-order valence-corrected chi connectivity index (χ1v) is 8.70. The molecule has 0 unspecified atom stereocenters. The van der Waals surface area contributed by atoms with Crippen molar-refractivity contribution in [2.75, 3.05) is 12.9 Å². The van der Waals surface area contributed by atoms with Crippen LogP contribution < -0.4 is 11.2 Å². The van der Waals surface area contributed by atoms with E-state index in [1.165, 1.54) is 10.8 Å². The van der Waals surface area contributed by atoms with E-state index < -0.39 is 29.7 Å². The van der Waals surface area contributed by atoms with E-state index in [4.69, 9.17) is 4.74 Å². The Labute approximate surface area is 141 Å². The van der Waals surface area contributed by atoms with Gasteiger partial charge in [0.05, 0.1) is 18.3 Å². The summed E-state index contributed by atoms with van der Waals surface area (Å²) in [6.45, 7) is -0.335. The molecule has 3 atom stereocenters. The highest BCUT2D eigenvalue weighted by molar-refractivity contribution is 7.98. The first kappa shape index (κ1) is 17.0. The van der Waals surface area contributed by atoms with Gasteiger partial charge in [-0.05, 0) is 24.0 Å². The Kier molecular flexibility index (Phi) is 4.91. The zero-order chi connectivity index (χ0) is 17.3. The van der Waals surface area contributed by atoms with Crippen molar-refractivity contribution in [3.05, 3.63) is 51.3 Å². The van der Waals surface area contributed by atoms with E-state index in [0.717, 1.165) is 4.90 Å². The second-order valence-corrected chi connectivity index (χ2v) is 6.44. The summed E-state index contributed by atoms with van der Waals surface area (Å²) < 4.78 is 6.75. The predicted molar refractivity (Wildman–Crippen MR) is 90.2 cm³/mol. The van der Waals surface area contributed by atoms with E-state index in [1.54, 1.807) is 17.8 Å². The lowest BCUT2D eigenvalue weighted by molar-refractivity contribution is -0.0458. The monoisotopic (exact) mass is 350 g/mol. The van der Waals surface area contributed by atoms with Crippen LogP contribution in [0.2, 0.25) is 0 Å². The number of aliphatic hydroxyl groups excluding tert-OH is 2. The molecule has 1 aromatic carbocycles. The molecule has 24 heavy (non-hydrogen) atoms. The normalized spacial score (nSPS) is 23.5. The molecular weight excluding hydrogens is 332 g/mol. The average Bonchev–Trinajstić information content (AvgIpc) is 2.95. The van der Waals surface area contributed by atoms with Gasteiger partial charge >= 0.3 is 5.69 Å². The Hall–Kier alpha value is -1.87. The summed E-state index contributed by atoms with van der Waals surface area (Å²) in [5.74, 6) is 0. The second kappa shape index (κ2) is 6.94. The van der Waals surface area contributed by atoms with Gasteiger partial charge in [0.15, 0.2) is 0 Å². The molecule has 0 bridgehead atoms.